The van der Waals surface area contributed by atoms with Crippen molar-refractivity contribution in [2.24, 2.45) is 0 Å². The molecule has 0 saturated carbocycles. The third-order valence-electron chi connectivity index (χ3n) is 2.04. The molecule has 2 N–H and O–H groups in total. The molecule has 0 aliphatic rings. The summed E-state index contributed by atoms with van der Waals surface area (Å²) in [5.74, 6) is -0.368. The fraction of sp³-hybridized carbons (Fsp3) is 0.455. The summed E-state index contributed by atoms with van der Waals surface area (Å²) in [5.41, 5.74) is 0.998. The molecular weight excluding hydrogens is 215 g/mol. The van der Waals surface area contributed by atoms with Crippen molar-refractivity contribution in [2.75, 3.05) is 19.6 Å². The van der Waals surface area contributed by atoms with E-state index >= 15 is 0 Å². The van der Waals surface area contributed by atoms with Crippen LogP contribution in [0.15, 0.2) is 18.2 Å². The van der Waals surface area contributed by atoms with Crippen molar-refractivity contribution >= 4 is 11.6 Å². The highest BCUT2D eigenvalue weighted by Crippen LogP contribution is 2.15. The van der Waals surface area contributed by atoms with Crippen LogP contribution in [0, 0.1) is 5.82 Å². The smallest absolute Gasteiger partial charge is 0.141 e. The molecule has 0 spiro atoms. The zero-order valence-electron chi connectivity index (χ0n) is 8.82. The maximum atomic E-state index is 12.8. The Morgan fingerprint density at radius 2 is 2.00 bits per heavy atom. The molecule has 0 fully saturated rings. The van der Waals surface area contributed by atoms with E-state index < -0.39 is 0 Å². The molecule has 1 aromatic rings. The van der Waals surface area contributed by atoms with Gasteiger partial charge in [0.15, 0.2) is 0 Å². The van der Waals surface area contributed by atoms with E-state index in [4.69, 9.17) is 11.6 Å². The van der Waals surface area contributed by atoms with Gasteiger partial charge < -0.3 is 10.6 Å². The average molecular weight is 231 g/mol. The predicted octanol–water partition coefficient (Wildman–Crippen LogP) is 2.18. The minimum atomic E-state index is -0.368. The Labute approximate surface area is 94.8 Å². The fourth-order valence-electron chi connectivity index (χ4n) is 1.24. The molecule has 2 nitrogen and oxygen atoms in total. The van der Waals surface area contributed by atoms with Gasteiger partial charge in [-0.25, -0.2) is 4.39 Å². The molecule has 0 heterocycles. The van der Waals surface area contributed by atoms with Gasteiger partial charge in [-0.05, 0) is 24.2 Å². The molecule has 15 heavy (non-hydrogen) atoms. The molecule has 0 saturated heterocycles. The molecular formula is C11H16ClFN2. The number of hydrogen-bond acceptors (Lipinski definition) is 2. The molecule has 1 rings (SSSR count). The van der Waals surface area contributed by atoms with E-state index in [-0.39, 0.29) is 10.8 Å². The summed E-state index contributed by atoms with van der Waals surface area (Å²) in [6, 6.07) is 4.78. The molecule has 0 amide bonds. The van der Waals surface area contributed by atoms with Crippen molar-refractivity contribution in [3.05, 3.63) is 34.6 Å². The lowest BCUT2D eigenvalue weighted by molar-refractivity contribution is 0.616. The van der Waals surface area contributed by atoms with Crippen LogP contribution in [0.3, 0.4) is 0 Å². The van der Waals surface area contributed by atoms with Gasteiger partial charge in [-0.1, -0.05) is 24.6 Å². The highest BCUT2D eigenvalue weighted by molar-refractivity contribution is 6.30. The van der Waals surface area contributed by atoms with Crippen molar-refractivity contribution in [2.45, 2.75) is 13.5 Å². The summed E-state index contributed by atoms with van der Waals surface area (Å²) in [5, 5.41) is 6.63. The standard InChI is InChI=1S/C11H16ClFN2/c1-2-14-5-6-15-8-9-3-4-11(13)10(12)7-9/h3-4,7,14-15H,2,5-6,8H2,1H3. The third kappa shape index (κ3) is 4.60. The lowest BCUT2D eigenvalue weighted by Crippen LogP contribution is -2.26. The fourth-order valence-corrected chi connectivity index (χ4v) is 1.44. The zero-order chi connectivity index (χ0) is 11.1. The summed E-state index contributed by atoms with van der Waals surface area (Å²) < 4.78 is 12.8. The Bertz CT molecular complexity index is 305. The number of nitrogens with one attached hydrogen (secondary N) is 2. The molecule has 0 atom stereocenters. The van der Waals surface area contributed by atoms with Gasteiger partial charge in [0.05, 0.1) is 5.02 Å². The van der Waals surface area contributed by atoms with Crippen molar-refractivity contribution in [1.82, 2.24) is 10.6 Å². The van der Waals surface area contributed by atoms with Gasteiger partial charge in [-0.2, -0.15) is 0 Å². The Morgan fingerprint density at radius 3 is 2.67 bits per heavy atom. The lowest BCUT2D eigenvalue weighted by Gasteiger charge is -2.05. The number of benzene rings is 1. The summed E-state index contributed by atoms with van der Waals surface area (Å²) in [6.45, 7) is 5.59. The van der Waals surface area contributed by atoms with Crippen LogP contribution in [-0.2, 0) is 6.54 Å². The van der Waals surface area contributed by atoms with E-state index in [1.807, 2.05) is 0 Å². The van der Waals surface area contributed by atoms with Crippen molar-refractivity contribution in [3.63, 3.8) is 0 Å². The van der Waals surface area contributed by atoms with E-state index in [1.165, 1.54) is 6.07 Å². The Balaban J connectivity index is 2.28. The van der Waals surface area contributed by atoms with Crippen molar-refractivity contribution in [3.8, 4) is 0 Å². The zero-order valence-corrected chi connectivity index (χ0v) is 9.57. The van der Waals surface area contributed by atoms with Gasteiger partial charge in [-0.15, -0.1) is 0 Å². The summed E-state index contributed by atoms with van der Waals surface area (Å²) in [4.78, 5) is 0. The predicted molar refractivity (Wildman–Crippen MR) is 61.7 cm³/mol. The molecule has 0 aromatic heterocycles. The van der Waals surface area contributed by atoms with Crippen LogP contribution < -0.4 is 10.6 Å². The number of hydrogen-bond donors (Lipinski definition) is 2. The summed E-state index contributed by atoms with van der Waals surface area (Å²) in [6.07, 6.45) is 0. The highest BCUT2D eigenvalue weighted by atomic mass is 35.5. The van der Waals surface area contributed by atoms with Crippen LogP contribution in [0.2, 0.25) is 5.02 Å². The van der Waals surface area contributed by atoms with Crippen LogP contribution in [0.4, 0.5) is 4.39 Å². The minimum absolute atomic E-state index is 0.181. The maximum absolute atomic E-state index is 12.8. The molecule has 84 valence electrons. The quantitative estimate of drug-likeness (QED) is 0.732. The summed E-state index contributed by atoms with van der Waals surface area (Å²) >= 11 is 5.66. The SMILES string of the molecule is CCNCCNCc1ccc(F)c(Cl)c1. The normalized spacial score (nSPS) is 10.6. The van der Waals surface area contributed by atoms with E-state index in [9.17, 15) is 4.39 Å². The number of likely N-dealkylation sites (N-methyl/N-ethyl adjacent to an activating group) is 1. The maximum Gasteiger partial charge on any atom is 0.141 e. The highest BCUT2D eigenvalue weighted by Gasteiger charge is 1.99. The number of halogens is 2. The topological polar surface area (TPSA) is 24.1 Å². The first-order valence-corrected chi connectivity index (χ1v) is 5.47. The van der Waals surface area contributed by atoms with Gasteiger partial charge in [-0.3, -0.25) is 0 Å². The van der Waals surface area contributed by atoms with Crippen molar-refractivity contribution in [1.29, 1.82) is 0 Å². The minimum Gasteiger partial charge on any atom is -0.316 e. The second-order valence-electron chi connectivity index (χ2n) is 3.28. The largest absolute Gasteiger partial charge is 0.316 e. The van der Waals surface area contributed by atoms with Crippen molar-refractivity contribution < 1.29 is 4.39 Å². The van der Waals surface area contributed by atoms with E-state index in [1.54, 1.807) is 12.1 Å². The first-order chi connectivity index (χ1) is 7.24. The lowest BCUT2D eigenvalue weighted by atomic mass is 10.2. The molecule has 0 aliphatic carbocycles. The van der Waals surface area contributed by atoms with Gasteiger partial charge in [0.25, 0.3) is 0 Å². The average Bonchev–Trinajstić information content (AvgIpc) is 2.23. The van der Waals surface area contributed by atoms with Crippen LogP contribution in [0.25, 0.3) is 0 Å². The molecule has 0 radical (unpaired) electrons. The second-order valence-corrected chi connectivity index (χ2v) is 3.69. The Morgan fingerprint density at radius 1 is 1.27 bits per heavy atom. The Hall–Kier alpha value is -0.640. The van der Waals surface area contributed by atoms with Gasteiger partial charge >= 0.3 is 0 Å². The van der Waals surface area contributed by atoms with Gasteiger partial charge in [0.1, 0.15) is 5.82 Å². The van der Waals surface area contributed by atoms with E-state index in [2.05, 4.69) is 17.6 Å². The van der Waals surface area contributed by atoms with Crippen LogP contribution in [0.1, 0.15) is 12.5 Å². The molecule has 1 aromatic carbocycles. The van der Waals surface area contributed by atoms with Crippen LogP contribution in [0.5, 0.6) is 0 Å². The number of rotatable bonds is 6. The molecule has 0 bridgehead atoms. The monoisotopic (exact) mass is 230 g/mol. The first kappa shape index (κ1) is 12.4. The third-order valence-corrected chi connectivity index (χ3v) is 2.33. The molecule has 0 unspecified atom stereocenters. The van der Waals surface area contributed by atoms with Crippen LogP contribution in [-0.4, -0.2) is 19.6 Å². The van der Waals surface area contributed by atoms with Crippen LogP contribution >= 0.6 is 11.6 Å². The molecule has 4 heteroatoms. The van der Waals surface area contributed by atoms with Gasteiger partial charge in [0, 0.05) is 19.6 Å². The second kappa shape index (κ2) is 6.77. The molecule has 0 aliphatic heterocycles. The Kier molecular flexibility index (Phi) is 5.61. The first-order valence-electron chi connectivity index (χ1n) is 5.09. The van der Waals surface area contributed by atoms with E-state index in [0.29, 0.717) is 6.54 Å². The van der Waals surface area contributed by atoms with E-state index in [0.717, 1.165) is 25.2 Å². The van der Waals surface area contributed by atoms with Gasteiger partial charge in [0.2, 0.25) is 0 Å². The summed E-state index contributed by atoms with van der Waals surface area (Å²) in [7, 11) is 0.